The van der Waals surface area contributed by atoms with E-state index >= 15 is 0 Å². The maximum Gasteiger partial charge on any atom is 0.0701 e. The van der Waals surface area contributed by atoms with Gasteiger partial charge in [0.05, 0.1) is 5.60 Å². The lowest BCUT2D eigenvalue weighted by Gasteiger charge is -2.44. The first kappa shape index (κ1) is 10.5. The van der Waals surface area contributed by atoms with E-state index in [9.17, 15) is 5.11 Å². The minimum absolute atomic E-state index is 0.234. The molecule has 1 heteroatoms. The Kier molecular flexibility index (Phi) is 2.63. The maximum atomic E-state index is 10.7. The third kappa shape index (κ3) is 1.32. The summed E-state index contributed by atoms with van der Waals surface area (Å²) >= 11 is 0. The first-order valence-corrected chi connectivity index (χ1v) is 6.35. The fraction of sp³-hybridized carbons (Fsp3) is 1.00. The summed E-state index contributed by atoms with van der Waals surface area (Å²) in [5.74, 6) is 0.801. The van der Waals surface area contributed by atoms with E-state index < -0.39 is 0 Å². The van der Waals surface area contributed by atoms with Gasteiger partial charge in [0.2, 0.25) is 0 Å². The van der Waals surface area contributed by atoms with Crippen LogP contribution in [0.1, 0.15) is 65.2 Å². The predicted molar refractivity (Wildman–Crippen MR) is 59.2 cm³/mol. The van der Waals surface area contributed by atoms with Crippen LogP contribution in [0.4, 0.5) is 0 Å². The van der Waals surface area contributed by atoms with Crippen LogP contribution >= 0.6 is 0 Å². The molecule has 1 N–H and O–H groups in total. The fourth-order valence-corrected chi connectivity index (χ4v) is 3.99. The van der Waals surface area contributed by atoms with E-state index in [1.165, 1.54) is 38.5 Å². The van der Waals surface area contributed by atoms with Crippen LogP contribution in [-0.4, -0.2) is 10.7 Å². The van der Waals surface area contributed by atoms with Crippen LogP contribution in [0.25, 0.3) is 0 Å². The second-order valence-electron chi connectivity index (χ2n) is 5.64. The summed E-state index contributed by atoms with van der Waals surface area (Å²) in [7, 11) is 0. The molecule has 0 aromatic carbocycles. The molecule has 2 saturated carbocycles. The first-order chi connectivity index (χ1) is 6.62. The van der Waals surface area contributed by atoms with Crippen LogP contribution < -0.4 is 0 Å². The van der Waals surface area contributed by atoms with Crippen molar-refractivity contribution in [3.05, 3.63) is 0 Å². The van der Waals surface area contributed by atoms with Crippen molar-refractivity contribution in [2.45, 2.75) is 70.8 Å². The van der Waals surface area contributed by atoms with Gasteiger partial charge in [-0.3, -0.25) is 0 Å². The molecule has 2 atom stereocenters. The summed E-state index contributed by atoms with van der Waals surface area (Å²) in [6, 6.07) is 0. The van der Waals surface area contributed by atoms with Crippen molar-refractivity contribution in [3.8, 4) is 0 Å². The molecule has 0 aromatic heterocycles. The van der Waals surface area contributed by atoms with E-state index in [1.54, 1.807) is 0 Å². The minimum Gasteiger partial charge on any atom is -0.389 e. The zero-order valence-electron chi connectivity index (χ0n) is 9.68. The highest BCUT2D eigenvalue weighted by Gasteiger charge is 2.53. The molecule has 0 amide bonds. The fourth-order valence-electron chi connectivity index (χ4n) is 3.99. The van der Waals surface area contributed by atoms with Crippen molar-refractivity contribution >= 4 is 0 Å². The van der Waals surface area contributed by atoms with Gasteiger partial charge in [-0.05, 0) is 49.9 Å². The summed E-state index contributed by atoms with van der Waals surface area (Å²) in [6.45, 7) is 4.50. The highest BCUT2D eigenvalue weighted by Crippen LogP contribution is 2.56. The number of hydrogen-bond donors (Lipinski definition) is 1. The normalized spacial score (nSPS) is 44.8. The van der Waals surface area contributed by atoms with Gasteiger partial charge in [-0.25, -0.2) is 0 Å². The second kappa shape index (κ2) is 3.52. The average Bonchev–Trinajstić information content (AvgIpc) is 2.77. The summed E-state index contributed by atoms with van der Waals surface area (Å²) in [6.07, 6.45) is 9.97. The zero-order valence-corrected chi connectivity index (χ0v) is 9.68. The van der Waals surface area contributed by atoms with E-state index in [0.29, 0.717) is 0 Å². The molecule has 0 aromatic rings. The van der Waals surface area contributed by atoms with Crippen LogP contribution in [0.2, 0.25) is 0 Å². The molecule has 0 aliphatic heterocycles. The van der Waals surface area contributed by atoms with Gasteiger partial charge in [-0.1, -0.05) is 26.7 Å². The summed E-state index contributed by atoms with van der Waals surface area (Å²) < 4.78 is 0. The molecule has 82 valence electrons. The van der Waals surface area contributed by atoms with Gasteiger partial charge in [0.25, 0.3) is 0 Å². The van der Waals surface area contributed by atoms with Crippen LogP contribution in [0.5, 0.6) is 0 Å². The molecule has 0 heterocycles. The molecule has 2 fully saturated rings. The molecular formula is C13H24O. The summed E-state index contributed by atoms with van der Waals surface area (Å²) in [5.41, 5.74) is -0.111. The Labute approximate surface area is 87.9 Å². The Bertz CT molecular complexity index is 207. The molecule has 0 bridgehead atoms. The third-order valence-electron chi connectivity index (χ3n) is 5.19. The lowest BCUT2D eigenvalue weighted by atomic mass is 9.65. The summed E-state index contributed by atoms with van der Waals surface area (Å²) in [5, 5.41) is 10.7. The van der Waals surface area contributed by atoms with Gasteiger partial charge < -0.3 is 5.11 Å². The minimum atomic E-state index is -0.345. The van der Waals surface area contributed by atoms with Crippen molar-refractivity contribution in [1.82, 2.24) is 0 Å². The Morgan fingerprint density at radius 1 is 1.14 bits per heavy atom. The quantitative estimate of drug-likeness (QED) is 0.716. The molecule has 2 unspecified atom stereocenters. The lowest BCUT2D eigenvalue weighted by Crippen LogP contribution is -2.45. The number of rotatable bonds is 2. The van der Waals surface area contributed by atoms with E-state index in [4.69, 9.17) is 0 Å². The lowest BCUT2D eigenvalue weighted by molar-refractivity contribution is -0.0847. The van der Waals surface area contributed by atoms with Crippen LogP contribution in [0.15, 0.2) is 0 Å². The van der Waals surface area contributed by atoms with Gasteiger partial charge in [-0.2, -0.15) is 0 Å². The molecular weight excluding hydrogens is 172 g/mol. The molecule has 2 aliphatic carbocycles. The smallest absolute Gasteiger partial charge is 0.0701 e. The van der Waals surface area contributed by atoms with E-state index in [1.807, 2.05) is 0 Å². The zero-order chi connectivity index (χ0) is 10.2. The van der Waals surface area contributed by atoms with Crippen molar-refractivity contribution in [3.63, 3.8) is 0 Å². The first-order valence-electron chi connectivity index (χ1n) is 6.35. The average molecular weight is 196 g/mol. The Morgan fingerprint density at radius 3 is 2.36 bits per heavy atom. The molecule has 0 spiro atoms. The van der Waals surface area contributed by atoms with Crippen molar-refractivity contribution in [1.29, 1.82) is 0 Å². The standard InChI is InChI=1S/C13H24O/c1-3-13(14)10-6-9-12(13,2)11-7-4-5-8-11/h11,14H,3-10H2,1-2H3. The van der Waals surface area contributed by atoms with Crippen LogP contribution in [0, 0.1) is 11.3 Å². The van der Waals surface area contributed by atoms with Crippen molar-refractivity contribution in [2.75, 3.05) is 0 Å². The van der Waals surface area contributed by atoms with Crippen LogP contribution in [0.3, 0.4) is 0 Å². The molecule has 14 heavy (non-hydrogen) atoms. The predicted octanol–water partition coefficient (Wildman–Crippen LogP) is 3.51. The van der Waals surface area contributed by atoms with Gasteiger partial charge in [0, 0.05) is 0 Å². The molecule has 0 saturated heterocycles. The molecule has 0 radical (unpaired) electrons. The monoisotopic (exact) mass is 196 g/mol. The second-order valence-corrected chi connectivity index (χ2v) is 5.64. The van der Waals surface area contributed by atoms with E-state index in [2.05, 4.69) is 13.8 Å². The number of hydrogen-bond acceptors (Lipinski definition) is 1. The van der Waals surface area contributed by atoms with E-state index in [0.717, 1.165) is 18.8 Å². The topological polar surface area (TPSA) is 20.2 Å². The van der Waals surface area contributed by atoms with Crippen molar-refractivity contribution in [2.24, 2.45) is 11.3 Å². The Morgan fingerprint density at radius 2 is 1.79 bits per heavy atom. The van der Waals surface area contributed by atoms with Gasteiger partial charge in [0.15, 0.2) is 0 Å². The van der Waals surface area contributed by atoms with Crippen molar-refractivity contribution < 1.29 is 5.11 Å². The Hall–Kier alpha value is -0.0400. The molecule has 2 aliphatic rings. The summed E-state index contributed by atoms with van der Waals surface area (Å²) in [4.78, 5) is 0. The van der Waals surface area contributed by atoms with Gasteiger partial charge in [-0.15, -0.1) is 0 Å². The SMILES string of the molecule is CCC1(O)CCCC1(C)C1CCCC1. The Balaban J connectivity index is 2.19. The maximum absolute atomic E-state index is 10.7. The van der Waals surface area contributed by atoms with E-state index in [-0.39, 0.29) is 11.0 Å². The largest absolute Gasteiger partial charge is 0.389 e. The highest BCUT2D eigenvalue weighted by atomic mass is 16.3. The number of aliphatic hydroxyl groups is 1. The van der Waals surface area contributed by atoms with Crippen LogP contribution in [-0.2, 0) is 0 Å². The molecule has 2 rings (SSSR count). The van der Waals surface area contributed by atoms with Gasteiger partial charge in [0.1, 0.15) is 0 Å². The molecule has 1 nitrogen and oxygen atoms in total. The van der Waals surface area contributed by atoms with Gasteiger partial charge >= 0.3 is 0 Å². The third-order valence-corrected chi connectivity index (χ3v) is 5.19. The highest BCUT2D eigenvalue weighted by molar-refractivity contribution is 5.04.